The van der Waals surface area contributed by atoms with E-state index < -0.39 is 0 Å². The molecule has 0 radical (unpaired) electrons. The first kappa shape index (κ1) is 13.4. The molecule has 0 spiro atoms. The monoisotopic (exact) mass is 282 g/mol. The van der Waals surface area contributed by atoms with Crippen molar-refractivity contribution in [2.75, 3.05) is 28.6 Å². The lowest BCUT2D eigenvalue weighted by Gasteiger charge is -2.30. The maximum Gasteiger partial charge on any atom is 0.243 e. The molecule has 3 rings (SSSR count). The van der Waals surface area contributed by atoms with Crippen LogP contribution in [0.1, 0.15) is 12.6 Å². The molecule has 1 aliphatic rings. The van der Waals surface area contributed by atoms with E-state index in [0.717, 1.165) is 29.3 Å². The smallest absolute Gasteiger partial charge is 0.243 e. The standard InChI is InChI=1S/C16H18N4O/c1-2-17-12-7-8-18-13(9-12)10-20-11-16(21)19-14-5-3-4-6-15(14)20/h3-9H,2,10-11H2,1H3,(H,17,18)(H,19,21). The van der Waals surface area contributed by atoms with E-state index in [4.69, 9.17) is 0 Å². The summed E-state index contributed by atoms with van der Waals surface area (Å²) in [5.41, 5.74) is 3.89. The molecule has 0 saturated heterocycles. The predicted octanol–water partition coefficient (Wildman–Crippen LogP) is 2.47. The van der Waals surface area contributed by atoms with Crippen molar-refractivity contribution in [3.63, 3.8) is 0 Å². The largest absolute Gasteiger partial charge is 0.385 e. The number of pyridine rings is 1. The summed E-state index contributed by atoms with van der Waals surface area (Å²) in [5.74, 6) is 0.0107. The minimum Gasteiger partial charge on any atom is -0.385 e. The van der Waals surface area contributed by atoms with Crippen molar-refractivity contribution in [1.82, 2.24) is 4.98 Å². The summed E-state index contributed by atoms with van der Waals surface area (Å²) in [4.78, 5) is 18.3. The number of hydrogen-bond donors (Lipinski definition) is 2. The number of anilines is 3. The summed E-state index contributed by atoms with van der Waals surface area (Å²) >= 11 is 0. The summed E-state index contributed by atoms with van der Waals surface area (Å²) in [6.07, 6.45) is 1.79. The fourth-order valence-corrected chi connectivity index (χ4v) is 2.52. The van der Waals surface area contributed by atoms with Gasteiger partial charge in [-0.1, -0.05) is 12.1 Å². The van der Waals surface area contributed by atoms with Gasteiger partial charge in [-0.25, -0.2) is 0 Å². The number of carbonyl (C=O) groups excluding carboxylic acids is 1. The first-order valence-electron chi connectivity index (χ1n) is 7.09. The van der Waals surface area contributed by atoms with Crippen LogP contribution < -0.4 is 15.5 Å². The average Bonchev–Trinajstić information content (AvgIpc) is 2.48. The van der Waals surface area contributed by atoms with Crippen LogP contribution in [0.15, 0.2) is 42.6 Å². The zero-order valence-corrected chi connectivity index (χ0v) is 12.0. The van der Waals surface area contributed by atoms with Gasteiger partial charge < -0.3 is 15.5 Å². The molecule has 2 heterocycles. The lowest BCUT2D eigenvalue weighted by atomic mass is 10.2. The Balaban J connectivity index is 1.84. The van der Waals surface area contributed by atoms with Crippen molar-refractivity contribution < 1.29 is 4.79 Å². The van der Waals surface area contributed by atoms with Crippen molar-refractivity contribution in [2.45, 2.75) is 13.5 Å². The maximum absolute atomic E-state index is 11.8. The molecule has 21 heavy (non-hydrogen) atoms. The lowest BCUT2D eigenvalue weighted by molar-refractivity contribution is -0.115. The molecule has 5 heteroatoms. The molecule has 1 aliphatic heterocycles. The predicted molar refractivity (Wildman–Crippen MR) is 84.5 cm³/mol. The molecule has 1 amide bonds. The Morgan fingerprint density at radius 3 is 3.05 bits per heavy atom. The van der Waals surface area contributed by atoms with Crippen molar-refractivity contribution >= 4 is 23.0 Å². The third-order valence-electron chi connectivity index (χ3n) is 3.40. The van der Waals surface area contributed by atoms with Gasteiger partial charge in [-0.2, -0.15) is 0 Å². The highest BCUT2D eigenvalue weighted by molar-refractivity contribution is 6.01. The van der Waals surface area contributed by atoms with Crippen LogP contribution in [0.4, 0.5) is 17.1 Å². The van der Waals surface area contributed by atoms with Crippen molar-refractivity contribution in [2.24, 2.45) is 0 Å². The number of carbonyl (C=O) groups is 1. The zero-order chi connectivity index (χ0) is 14.7. The highest BCUT2D eigenvalue weighted by Gasteiger charge is 2.21. The van der Waals surface area contributed by atoms with Crippen LogP contribution >= 0.6 is 0 Å². The van der Waals surface area contributed by atoms with Gasteiger partial charge in [-0.05, 0) is 31.2 Å². The molecule has 0 bridgehead atoms. The van der Waals surface area contributed by atoms with Gasteiger partial charge in [-0.15, -0.1) is 0 Å². The molecule has 108 valence electrons. The van der Waals surface area contributed by atoms with Gasteiger partial charge in [-0.3, -0.25) is 9.78 Å². The van der Waals surface area contributed by atoms with E-state index in [9.17, 15) is 4.79 Å². The highest BCUT2D eigenvalue weighted by atomic mass is 16.2. The molecule has 1 aromatic carbocycles. The van der Waals surface area contributed by atoms with Crippen LogP contribution in [0.25, 0.3) is 0 Å². The minimum atomic E-state index is 0.0107. The lowest BCUT2D eigenvalue weighted by Crippen LogP contribution is -2.37. The molecule has 5 nitrogen and oxygen atoms in total. The summed E-state index contributed by atoms with van der Waals surface area (Å²) in [6, 6.07) is 11.8. The number of fused-ring (bicyclic) bond motifs is 1. The number of nitrogens with one attached hydrogen (secondary N) is 2. The van der Waals surface area contributed by atoms with Crippen LogP contribution in [-0.4, -0.2) is 24.0 Å². The molecular formula is C16H18N4O. The average molecular weight is 282 g/mol. The fourth-order valence-electron chi connectivity index (χ4n) is 2.52. The van der Waals surface area contributed by atoms with Gasteiger partial charge in [0.05, 0.1) is 30.2 Å². The van der Waals surface area contributed by atoms with Crippen LogP contribution in [-0.2, 0) is 11.3 Å². The summed E-state index contributed by atoms with van der Waals surface area (Å²) in [5, 5.41) is 6.17. The third-order valence-corrected chi connectivity index (χ3v) is 3.40. The molecule has 0 fully saturated rings. The Labute approximate surface area is 124 Å². The van der Waals surface area contributed by atoms with E-state index in [-0.39, 0.29) is 5.91 Å². The van der Waals surface area contributed by atoms with Gasteiger partial charge in [0, 0.05) is 18.4 Å². The van der Waals surface area contributed by atoms with Crippen molar-refractivity contribution in [3.8, 4) is 0 Å². The summed E-state index contributed by atoms with van der Waals surface area (Å²) < 4.78 is 0. The van der Waals surface area contributed by atoms with Gasteiger partial charge in [0.15, 0.2) is 0 Å². The fraction of sp³-hybridized carbons (Fsp3) is 0.250. The Kier molecular flexibility index (Phi) is 3.73. The number of aromatic nitrogens is 1. The van der Waals surface area contributed by atoms with Crippen LogP contribution in [0.5, 0.6) is 0 Å². The third kappa shape index (κ3) is 2.97. The molecule has 1 aromatic heterocycles. The number of rotatable bonds is 4. The van der Waals surface area contributed by atoms with Gasteiger partial charge in [0.2, 0.25) is 5.91 Å². The Morgan fingerprint density at radius 1 is 1.33 bits per heavy atom. The topological polar surface area (TPSA) is 57.3 Å². The molecule has 2 aromatic rings. The van der Waals surface area contributed by atoms with E-state index in [1.807, 2.05) is 41.3 Å². The Bertz CT molecular complexity index is 656. The van der Waals surface area contributed by atoms with Crippen LogP contribution in [0.2, 0.25) is 0 Å². The molecule has 2 N–H and O–H groups in total. The normalized spacial score (nSPS) is 13.6. The number of benzene rings is 1. The van der Waals surface area contributed by atoms with E-state index in [1.165, 1.54) is 0 Å². The number of hydrogen-bond acceptors (Lipinski definition) is 4. The van der Waals surface area contributed by atoms with Gasteiger partial charge >= 0.3 is 0 Å². The second-order valence-electron chi connectivity index (χ2n) is 4.99. The Morgan fingerprint density at radius 2 is 2.19 bits per heavy atom. The molecule has 0 aliphatic carbocycles. The van der Waals surface area contributed by atoms with Crippen molar-refractivity contribution in [1.29, 1.82) is 0 Å². The van der Waals surface area contributed by atoms with Gasteiger partial charge in [0.25, 0.3) is 0 Å². The van der Waals surface area contributed by atoms with E-state index >= 15 is 0 Å². The second kappa shape index (κ2) is 5.83. The van der Waals surface area contributed by atoms with Gasteiger partial charge in [0.1, 0.15) is 0 Å². The van der Waals surface area contributed by atoms with Crippen LogP contribution in [0, 0.1) is 0 Å². The number of amides is 1. The number of para-hydroxylation sites is 2. The quantitative estimate of drug-likeness (QED) is 0.904. The van der Waals surface area contributed by atoms with E-state index in [1.54, 1.807) is 6.20 Å². The Hall–Kier alpha value is -2.56. The van der Waals surface area contributed by atoms with Crippen molar-refractivity contribution in [3.05, 3.63) is 48.3 Å². The molecule has 0 atom stereocenters. The first-order valence-corrected chi connectivity index (χ1v) is 7.09. The van der Waals surface area contributed by atoms with Crippen LogP contribution in [0.3, 0.4) is 0 Å². The summed E-state index contributed by atoms with van der Waals surface area (Å²) in [6.45, 7) is 3.90. The zero-order valence-electron chi connectivity index (χ0n) is 12.0. The maximum atomic E-state index is 11.8. The molecular weight excluding hydrogens is 264 g/mol. The molecule has 0 unspecified atom stereocenters. The van der Waals surface area contributed by atoms with E-state index in [2.05, 4.69) is 22.5 Å². The first-order chi connectivity index (χ1) is 10.3. The SMILES string of the molecule is CCNc1ccnc(CN2CC(=O)Nc3ccccc32)c1. The number of nitrogens with zero attached hydrogens (tertiary/aromatic N) is 2. The molecule has 0 saturated carbocycles. The summed E-state index contributed by atoms with van der Waals surface area (Å²) in [7, 11) is 0. The highest BCUT2D eigenvalue weighted by Crippen LogP contribution is 2.29. The second-order valence-corrected chi connectivity index (χ2v) is 4.99. The van der Waals surface area contributed by atoms with E-state index in [0.29, 0.717) is 13.1 Å². The minimum absolute atomic E-state index is 0.0107.